The van der Waals surface area contributed by atoms with Crippen molar-refractivity contribution in [2.75, 3.05) is 0 Å². The summed E-state index contributed by atoms with van der Waals surface area (Å²) in [6, 6.07) is 2.45. The number of alkyl halides is 3. The molecule has 0 aliphatic carbocycles. The Hall–Kier alpha value is -1.85. The van der Waals surface area contributed by atoms with Gasteiger partial charge in [0, 0.05) is 17.8 Å². The van der Waals surface area contributed by atoms with E-state index in [0.717, 1.165) is 18.3 Å². The van der Waals surface area contributed by atoms with Crippen LogP contribution < -0.4 is 0 Å². The molecule has 0 atom stereocenters. The van der Waals surface area contributed by atoms with Crippen molar-refractivity contribution in [2.45, 2.75) is 6.18 Å². The molecule has 1 rings (SSSR count). The van der Waals surface area contributed by atoms with Crippen molar-refractivity contribution in [3.8, 4) is 0 Å². The van der Waals surface area contributed by atoms with Crippen LogP contribution in [0.25, 0.3) is 6.08 Å². The number of carboxylic acids is 1. The fourth-order valence-corrected chi connectivity index (χ4v) is 0.950. The number of aromatic nitrogens is 1. The van der Waals surface area contributed by atoms with Crippen LogP contribution >= 0.6 is 0 Å². The third-order valence-electron chi connectivity index (χ3n) is 1.51. The number of aliphatic carboxylic acids is 1. The van der Waals surface area contributed by atoms with Crippen LogP contribution in [-0.2, 0) is 11.0 Å². The van der Waals surface area contributed by atoms with E-state index in [4.69, 9.17) is 5.11 Å². The molecule has 0 saturated heterocycles. The van der Waals surface area contributed by atoms with Crippen LogP contribution in [0.15, 0.2) is 24.4 Å². The first-order chi connectivity index (χ1) is 6.91. The molecule has 0 fully saturated rings. The summed E-state index contributed by atoms with van der Waals surface area (Å²) in [6.07, 6.45) is -2.09. The number of nitrogens with zero attached hydrogens (tertiary/aromatic N) is 1. The molecule has 15 heavy (non-hydrogen) atoms. The first-order valence-corrected chi connectivity index (χ1v) is 3.84. The number of pyridine rings is 1. The standard InChI is InChI=1S/C9H6F3NO2/c10-9(11,12)8-6(2-1-5-13-8)3-4-7(14)15/h1-5H,(H,14,15)/b4-3+. The Morgan fingerprint density at radius 2 is 2.13 bits per heavy atom. The van der Waals surface area contributed by atoms with Gasteiger partial charge in [0.1, 0.15) is 0 Å². The molecule has 1 aromatic heterocycles. The summed E-state index contributed by atoms with van der Waals surface area (Å²) in [6.45, 7) is 0. The summed E-state index contributed by atoms with van der Waals surface area (Å²) in [7, 11) is 0. The molecule has 0 amide bonds. The Labute approximate surface area is 82.9 Å². The molecule has 3 nitrogen and oxygen atoms in total. The first kappa shape index (κ1) is 11.2. The van der Waals surface area contributed by atoms with Gasteiger partial charge in [-0.2, -0.15) is 13.2 Å². The van der Waals surface area contributed by atoms with Crippen LogP contribution in [0.2, 0.25) is 0 Å². The number of carboxylic acid groups (broad SMARTS) is 1. The van der Waals surface area contributed by atoms with Crippen molar-refractivity contribution in [3.63, 3.8) is 0 Å². The molecule has 1 N–H and O–H groups in total. The molecule has 1 aromatic rings. The Kier molecular flexibility index (Phi) is 3.08. The lowest BCUT2D eigenvalue weighted by Crippen LogP contribution is -2.09. The fraction of sp³-hybridized carbons (Fsp3) is 0.111. The molecule has 0 bridgehead atoms. The molecule has 1 heterocycles. The summed E-state index contributed by atoms with van der Waals surface area (Å²) in [4.78, 5) is 13.3. The largest absolute Gasteiger partial charge is 0.478 e. The second-order valence-corrected chi connectivity index (χ2v) is 2.61. The van der Waals surface area contributed by atoms with Crippen molar-refractivity contribution in [1.29, 1.82) is 0 Å². The van der Waals surface area contributed by atoms with Crippen molar-refractivity contribution >= 4 is 12.0 Å². The van der Waals surface area contributed by atoms with Crippen molar-refractivity contribution in [3.05, 3.63) is 35.7 Å². The highest BCUT2D eigenvalue weighted by Gasteiger charge is 2.34. The maximum absolute atomic E-state index is 12.3. The van der Waals surface area contributed by atoms with Crippen molar-refractivity contribution in [1.82, 2.24) is 4.98 Å². The number of rotatable bonds is 2. The minimum Gasteiger partial charge on any atom is -0.478 e. The Morgan fingerprint density at radius 1 is 1.47 bits per heavy atom. The molecular formula is C9H6F3NO2. The average Bonchev–Trinajstić information content (AvgIpc) is 2.13. The summed E-state index contributed by atoms with van der Waals surface area (Å²) < 4.78 is 37.0. The summed E-state index contributed by atoms with van der Waals surface area (Å²) in [5, 5.41) is 8.28. The van der Waals surface area contributed by atoms with E-state index in [9.17, 15) is 18.0 Å². The van der Waals surface area contributed by atoms with Gasteiger partial charge in [-0.3, -0.25) is 4.98 Å². The van der Waals surface area contributed by atoms with Crippen LogP contribution in [0.5, 0.6) is 0 Å². The van der Waals surface area contributed by atoms with Gasteiger partial charge < -0.3 is 5.11 Å². The van der Waals surface area contributed by atoms with Crippen LogP contribution in [0.1, 0.15) is 11.3 Å². The van der Waals surface area contributed by atoms with E-state index >= 15 is 0 Å². The Bertz CT molecular complexity index is 399. The van der Waals surface area contributed by atoms with E-state index in [2.05, 4.69) is 4.98 Å². The van der Waals surface area contributed by atoms with Gasteiger partial charge in [-0.1, -0.05) is 6.07 Å². The average molecular weight is 217 g/mol. The van der Waals surface area contributed by atoms with Gasteiger partial charge in [0.05, 0.1) is 0 Å². The number of hydrogen-bond acceptors (Lipinski definition) is 2. The molecule has 80 valence electrons. The van der Waals surface area contributed by atoms with Gasteiger partial charge in [0.25, 0.3) is 0 Å². The fourth-order valence-electron chi connectivity index (χ4n) is 0.950. The van der Waals surface area contributed by atoms with Crippen LogP contribution in [0, 0.1) is 0 Å². The molecule has 6 heteroatoms. The molecule has 0 saturated carbocycles. The number of hydrogen-bond donors (Lipinski definition) is 1. The molecule has 0 radical (unpaired) electrons. The molecule has 0 aliphatic rings. The SMILES string of the molecule is O=C(O)/C=C/c1cccnc1C(F)(F)F. The zero-order chi connectivity index (χ0) is 11.5. The molecule has 0 unspecified atom stereocenters. The zero-order valence-corrected chi connectivity index (χ0v) is 7.32. The second-order valence-electron chi connectivity index (χ2n) is 2.61. The van der Waals surface area contributed by atoms with Crippen molar-refractivity contribution < 1.29 is 23.1 Å². The van der Waals surface area contributed by atoms with Crippen molar-refractivity contribution in [2.24, 2.45) is 0 Å². The molecule has 0 aliphatic heterocycles. The highest BCUT2D eigenvalue weighted by Crippen LogP contribution is 2.30. The van der Waals surface area contributed by atoms with Gasteiger partial charge in [-0.05, 0) is 12.1 Å². The minimum atomic E-state index is -4.58. The van der Waals surface area contributed by atoms with E-state index in [1.54, 1.807) is 0 Å². The highest BCUT2D eigenvalue weighted by molar-refractivity contribution is 5.85. The van der Waals surface area contributed by atoms with Gasteiger partial charge in [0.15, 0.2) is 5.69 Å². The lowest BCUT2D eigenvalue weighted by atomic mass is 10.1. The maximum atomic E-state index is 12.3. The zero-order valence-electron chi connectivity index (χ0n) is 7.32. The summed E-state index contributed by atoms with van der Waals surface area (Å²) in [5.74, 6) is -1.31. The lowest BCUT2D eigenvalue weighted by Gasteiger charge is -2.07. The third-order valence-corrected chi connectivity index (χ3v) is 1.51. The molecular weight excluding hydrogens is 211 g/mol. The van der Waals surface area contributed by atoms with Gasteiger partial charge >= 0.3 is 12.1 Å². The smallest absolute Gasteiger partial charge is 0.433 e. The lowest BCUT2D eigenvalue weighted by molar-refractivity contribution is -0.141. The predicted molar refractivity (Wildman–Crippen MR) is 45.9 cm³/mol. The predicted octanol–water partition coefficient (Wildman–Crippen LogP) is 2.20. The normalized spacial score (nSPS) is 11.9. The topological polar surface area (TPSA) is 50.2 Å². The van der Waals surface area contributed by atoms with E-state index in [1.165, 1.54) is 6.07 Å². The van der Waals surface area contributed by atoms with Crippen LogP contribution in [0.3, 0.4) is 0 Å². The minimum absolute atomic E-state index is 0.271. The van der Waals surface area contributed by atoms with E-state index in [-0.39, 0.29) is 5.56 Å². The monoisotopic (exact) mass is 217 g/mol. The van der Waals surface area contributed by atoms with Crippen LogP contribution in [0.4, 0.5) is 13.2 Å². The maximum Gasteiger partial charge on any atom is 0.433 e. The summed E-state index contributed by atoms with van der Waals surface area (Å²) in [5.41, 5.74) is -1.37. The number of halogens is 3. The van der Waals surface area contributed by atoms with Gasteiger partial charge in [-0.15, -0.1) is 0 Å². The van der Waals surface area contributed by atoms with Crippen LogP contribution in [-0.4, -0.2) is 16.1 Å². The molecule has 0 spiro atoms. The van der Waals surface area contributed by atoms with Gasteiger partial charge in [-0.25, -0.2) is 4.79 Å². The quantitative estimate of drug-likeness (QED) is 0.772. The third kappa shape index (κ3) is 3.08. The second kappa shape index (κ2) is 4.12. The highest BCUT2D eigenvalue weighted by atomic mass is 19.4. The number of carbonyl (C=O) groups is 1. The van der Waals surface area contributed by atoms with E-state index < -0.39 is 17.8 Å². The first-order valence-electron chi connectivity index (χ1n) is 3.84. The molecule has 0 aromatic carbocycles. The Balaban J connectivity index is 3.13. The van der Waals surface area contributed by atoms with Gasteiger partial charge in [0.2, 0.25) is 0 Å². The van der Waals surface area contributed by atoms with E-state index in [0.29, 0.717) is 6.08 Å². The van der Waals surface area contributed by atoms with E-state index in [1.807, 2.05) is 0 Å². The Morgan fingerprint density at radius 3 is 2.67 bits per heavy atom. The summed E-state index contributed by atoms with van der Waals surface area (Å²) >= 11 is 0.